The Morgan fingerprint density at radius 3 is 2.93 bits per heavy atom. The van der Waals surface area contributed by atoms with Crippen LogP contribution in [0.15, 0.2) is 5.16 Å². The first-order valence-electron chi connectivity index (χ1n) is 5.01. The van der Waals surface area contributed by atoms with Gasteiger partial charge < -0.3 is 10.3 Å². The molecule has 0 aliphatic rings. The molecule has 0 fully saturated rings. The normalized spacial score (nSPS) is 10.2. The van der Waals surface area contributed by atoms with Crippen LogP contribution >= 0.6 is 11.8 Å². The Kier molecular flexibility index (Phi) is 5.22. The van der Waals surface area contributed by atoms with Crippen molar-refractivity contribution in [3.63, 3.8) is 0 Å². The first-order chi connectivity index (χ1) is 7.33. The number of rotatable bonds is 6. The molecule has 0 bridgehead atoms. The first-order valence-corrected chi connectivity index (χ1v) is 6.00. The highest BCUT2D eigenvalue weighted by Crippen LogP contribution is 2.17. The van der Waals surface area contributed by atoms with Gasteiger partial charge in [0.1, 0.15) is 5.82 Å². The molecule has 1 aromatic heterocycles. The van der Waals surface area contributed by atoms with Crippen LogP contribution in [0.4, 0.5) is 0 Å². The Morgan fingerprint density at radius 1 is 1.53 bits per heavy atom. The van der Waals surface area contributed by atoms with E-state index in [1.165, 1.54) is 0 Å². The fraction of sp³-hybridized carbons (Fsp3) is 0.600. The Morgan fingerprint density at radius 2 is 2.33 bits per heavy atom. The van der Waals surface area contributed by atoms with Gasteiger partial charge in [0.05, 0.1) is 6.54 Å². The Labute approximate surface area is 94.6 Å². The van der Waals surface area contributed by atoms with Crippen molar-refractivity contribution < 1.29 is 0 Å². The van der Waals surface area contributed by atoms with Gasteiger partial charge in [0.25, 0.3) is 0 Å². The lowest BCUT2D eigenvalue weighted by molar-refractivity contribution is 0.592. The maximum absolute atomic E-state index is 5.58. The zero-order valence-corrected chi connectivity index (χ0v) is 9.76. The molecule has 0 aromatic carbocycles. The van der Waals surface area contributed by atoms with E-state index in [2.05, 4.69) is 27.6 Å². The maximum Gasteiger partial charge on any atom is 0.191 e. The van der Waals surface area contributed by atoms with Crippen LogP contribution in [0, 0.1) is 12.3 Å². The highest BCUT2D eigenvalue weighted by atomic mass is 32.2. The van der Waals surface area contributed by atoms with Crippen LogP contribution in [0.1, 0.15) is 25.6 Å². The third-order valence-electron chi connectivity index (χ3n) is 1.90. The zero-order valence-electron chi connectivity index (χ0n) is 8.94. The quantitative estimate of drug-likeness (QED) is 0.449. The second-order valence-electron chi connectivity index (χ2n) is 3.06. The van der Waals surface area contributed by atoms with Gasteiger partial charge in [0.15, 0.2) is 5.16 Å². The van der Waals surface area contributed by atoms with E-state index >= 15 is 0 Å². The van der Waals surface area contributed by atoms with E-state index in [1.807, 2.05) is 0 Å². The predicted octanol–water partition coefficient (Wildman–Crippen LogP) is 1.26. The van der Waals surface area contributed by atoms with Crippen LogP contribution in [0.25, 0.3) is 0 Å². The van der Waals surface area contributed by atoms with Gasteiger partial charge in [-0.3, -0.25) is 0 Å². The highest BCUT2D eigenvalue weighted by Gasteiger charge is 2.09. The third kappa shape index (κ3) is 3.26. The van der Waals surface area contributed by atoms with Gasteiger partial charge >= 0.3 is 0 Å². The molecular weight excluding hydrogens is 208 g/mol. The molecular formula is C10H16N4S. The number of hydrogen-bond donors (Lipinski definition) is 1. The SMILES string of the molecule is C#CCCSc1nnc(CN)n1CCC. The van der Waals surface area contributed by atoms with Gasteiger partial charge in [0, 0.05) is 18.7 Å². The van der Waals surface area contributed by atoms with Gasteiger partial charge in [-0.1, -0.05) is 18.7 Å². The number of aromatic nitrogens is 3. The molecule has 1 heterocycles. The van der Waals surface area contributed by atoms with Gasteiger partial charge in [-0.15, -0.1) is 22.5 Å². The summed E-state index contributed by atoms with van der Waals surface area (Å²) in [6.45, 7) is 3.47. The molecule has 1 aromatic rings. The average molecular weight is 224 g/mol. The molecule has 0 aliphatic carbocycles. The van der Waals surface area contributed by atoms with Crippen molar-refractivity contribution >= 4 is 11.8 Å². The van der Waals surface area contributed by atoms with Crippen LogP contribution in [0.2, 0.25) is 0 Å². The molecule has 0 unspecified atom stereocenters. The highest BCUT2D eigenvalue weighted by molar-refractivity contribution is 7.99. The van der Waals surface area contributed by atoms with E-state index in [0.29, 0.717) is 6.54 Å². The molecule has 0 atom stereocenters. The second kappa shape index (κ2) is 6.49. The van der Waals surface area contributed by atoms with Crippen molar-refractivity contribution in [2.75, 3.05) is 5.75 Å². The van der Waals surface area contributed by atoms with Crippen molar-refractivity contribution in [1.82, 2.24) is 14.8 Å². The molecule has 0 amide bonds. The summed E-state index contributed by atoms with van der Waals surface area (Å²) in [7, 11) is 0. The molecule has 15 heavy (non-hydrogen) atoms. The standard InChI is InChI=1S/C10H16N4S/c1-3-5-7-15-10-13-12-9(8-11)14(10)6-4-2/h1H,4-8,11H2,2H3. The Bertz CT molecular complexity index is 340. The lowest BCUT2D eigenvalue weighted by Gasteiger charge is -2.06. The first kappa shape index (κ1) is 12.1. The lowest BCUT2D eigenvalue weighted by atomic mass is 10.4. The third-order valence-corrected chi connectivity index (χ3v) is 2.87. The van der Waals surface area contributed by atoms with Crippen LogP contribution < -0.4 is 5.73 Å². The molecule has 0 saturated carbocycles. The van der Waals surface area contributed by atoms with Gasteiger partial charge in [-0.25, -0.2) is 0 Å². The van der Waals surface area contributed by atoms with Gasteiger partial charge in [-0.2, -0.15) is 0 Å². The summed E-state index contributed by atoms with van der Waals surface area (Å²) in [5.41, 5.74) is 5.58. The second-order valence-corrected chi connectivity index (χ2v) is 4.12. The predicted molar refractivity (Wildman–Crippen MR) is 62.4 cm³/mol. The zero-order chi connectivity index (χ0) is 11.1. The topological polar surface area (TPSA) is 56.7 Å². The van der Waals surface area contributed by atoms with E-state index in [9.17, 15) is 0 Å². The van der Waals surface area contributed by atoms with E-state index in [1.54, 1.807) is 11.8 Å². The molecule has 2 N–H and O–H groups in total. The number of nitrogens with zero attached hydrogens (tertiary/aromatic N) is 3. The molecule has 0 spiro atoms. The number of hydrogen-bond acceptors (Lipinski definition) is 4. The smallest absolute Gasteiger partial charge is 0.191 e. The van der Waals surface area contributed by atoms with E-state index in [4.69, 9.17) is 12.2 Å². The van der Waals surface area contributed by atoms with Crippen LogP contribution in [-0.4, -0.2) is 20.5 Å². The Hall–Kier alpha value is -0.990. The van der Waals surface area contributed by atoms with Gasteiger partial charge in [-0.05, 0) is 6.42 Å². The molecule has 0 radical (unpaired) electrons. The van der Waals surface area contributed by atoms with Crippen molar-refractivity contribution in [2.45, 2.75) is 38.0 Å². The lowest BCUT2D eigenvalue weighted by Crippen LogP contribution is -2.09. The fourth-order valence-corrected chi connectivity index (χ4v) is 2.08. The van der Waals surface area contributed by atoms with Crippen LogP contribution in [0.3, 0.4) is 0 Å². The molecule has 5 heteroatoms. The molecule has 4 nitrogen and oxygen atoms in total. The molecule has 0 aliphatic heterocycles. The van der Waals surface area contributed by atoms with Gasteiger partial charge in [0.2, 0.25) is 0 Å². The minimum Gasteiger partial charge on any atom is -0.324 e. The molecule has 0 saturated heterocycles. The van der Waals surface area contributed by atoms with E-state index < -0.39 is 0 Å². The number of nitrogens with two attached hydrogens (primary N) is 1. The summed E-state index contributed by atoms with van der Waals surface area (Å²) in [4.78, 5) is 0. The summed E-state index contributed by atoms with van der Waals surface area (Å²) >= 11 is 1.64. The van der Waals surface area contributed by atoms with Crippen LogP contribution in [0.5, 0.6) is 0 Å². The summed E-state index contributed by atoms with van der Waals surface area (Å²) < 4.78 is 2.07. The van der Waals surface area contributed by atoms with Crippen molar-refractivity contribution in [1.29, 1.82) is 0 Å². The number of thioether (sulfide) groups is 1. The van der Waals surface area contributed by atoms with E-state index in [-0.39, 0.29) is 0 Å². The van der Waals surface area contributed by atoms with Crippen molar-refractivity contribution in [3.05, 3.63) is 5.82 Å². The maximum atomic E-state index is 5.58. The van der Waals surface area contributed by atoms with Crippen molar-refractivity contribution in [2.24, 2.45) is 5.73 Å². The minimum absolute atomic E-state index is 0.433. The summed E-state index contributed by atoms with van der Waals surface area (Å²) in [5.74, 6) is 4.33. The monoisotopic (exact) mass is 224 g/mol. The summed E-state index contributed by atoms with van der Waals surface area (Å²) in [6.07, 6.45) is 7.00. The molecule has 1 rings (SSSR count). The van der Waals surface area contributed by atoms with E-state index in [0.717, 1.165) is 36.1 Å². The number of terminal acetylenes is 1. The fourth-order valence-electron chi connectivity index (χ4n) is 1.23. The summed E-state index contributed by atoms with van der Waals surface area (Å²) in [6, 6.07) is 0. The van der Waals surface area contributed by atoms with Crippen molar-refractivity contribution in [3.8, 4) is 12.3 Å². The van der Waals surface area contributed by atoms with Crippen LogP contribution in [-0.2, 0) is 13.1 Å². The minimum atomic E-state index is 0.433. The Balaban J connectivity index is 2.69. The summed E-state index contributed by atoms with van der Waals surface area (Å²) in [5, 5.41) is 9.08. The largest absolute Gasteiger partial charge is 0.324 e. The molecule has 82 valence electrons. The average Bonchev–Trinajstić information content (AvgIpc) is 2.62.